The Morgan fingerprint density at radius 3 is 2.38 bits per heavy atom. The first-order chi connectivity index (χ1) is 10.2. The van der Waals surface area contributed by atoms with Crippen molar-refractivity contribution in [1.29, 1.82) is 0 Å². The molecule has 21 heavy (non-hydrogen) atoms. The lowest BCUT2D eigenvalue weighted by Crippen LogP contribution is -2.22. The second-order valence-electron chi connectivity index (χ2n) is 4.84. The fourth-order valence-corrected chi connectivity index (χ4v) is 2.06. The number of nitrogens with two attached hydrogens (primary N) is 1. The molecule has 112 valence electrons. The Morgan fingerprint density at radius 2 is 1.71 bits per heavy atom. The van der Waals surface area contributed by atoms with E-state index in [9.17, 15) is 4.39 Å². The highest BCUT2D eigenvalue weighted by Gasteiger charge is 2.15. The molecule has 0 fully saturated rings. The van der Waals surface area contributed by atoms with Crippen LogP contribution in [0.3, 0.4) is 0 Å². The van der Waals surface area contributed by atoms with Gasteiger partial charge in [0.2, 0.25) is 0 Å². The molecule has 2 aromatic carbocycles. The minimum atomic E-state index is -0.300. The smallest absolute Gasteiger partial charge is 0.169 e. The third-order valence-corrected chi connectivity index (χ3v) is 3.36. The molecule has 0 aliphatic carbocycles. The third-order valence-electron chi connectivity index (χ3n) is 3.36. The molecule has 2 aromatic rings. The average Bonchev–Trinajstić information content (AvgIpc) is 2.51. The van der Waals surface area contributed by atoms with E-state index in [4.69, 9.17) is 15.2 Å². The van der Waals surface area contributed by atoms with Crippen LogP contribution in [0.5, 0.6) is 17.2 Å². The van der Waals surface area contributed by atoms with Gasteiger partial charge in [0.05, 0.1) is 7.11 Å². The molecule has 0 aromatic heterocycles. The minimum Gasteiger partial charge on any atom is -0.493 e. The van der Waals surface area contributed by atoms with Crippen LogP contribution in [0.2, 0.25) is 0 Å². The Hall–Kier alpha value is -2.07. The Bertz CT molecular complexity index is 601. The van der Waals surface area contributed by atoms with Gasteiger partial charge in [-0.3, -0.25) is 0 Å². The predicted octanol–water partition coefficient (Wildman–Crippen LogP) is 3.91. The molecule has 0 saturated carbocycles. The van der Waals surface area contributed by atoms with Gasteiger partial charge in [-0.1, -0.05) is 25.1 Å². The van der Waals surface area contributed by atoms with Crippen LogP contribution in [-0.4, -0.2) is 13.2 Å². The van der Waals surface area contributed by atoms with Crippen molar-refractivity contribution in [1.82, 2.24) is 0 Å². The number of hydrogen-bond donors (Lipinski definition) is 1. The number of ether oxygens (including phenoxy) is 2. The maximum atomic E-state index is 14.1. The van der Waals surface area contributed by atoms with E-state index >= 15 is 0 Å². The van der Waals surface area contributed by atoms with Gasteiger partial charge in [0.1, 0.15) is 11.6 Å². The molecule has 1 atom stereocenters. The maximum Gasteiger partial charge on any atom is 0.169 e. The fourth-order valence-electron chi connectivity index (χ4n) is 2.06. The molecule has 1 unspecified atom stereocenters. The first kappa shape index (κ1) is 15.3. The second-order valence-corrected chi connectivity index (χ2v) is 4.84. The van der Waals surface area contributed by atoms with Gasteiger partial charge in [-0.05, 0) is 37.1 Å². The molecule has 2 rings (SSSR count). The highest BCUT2D eigenvalue weighted by atomic mass is 19.1. The van der Waals surface area contributed by atoms with E-state index < -0.39 is 0 Å². The van der Waals surface area contributed by atoms with Crippen molar-refractivity contribution in [2.24, 2.45) is 5.73 Å². The molecule has 0 amide bonds. The molecule has 0 aliphatic heterocycles. The van der Waals surface area contributed by atoms with Gasteiger partial charge in [0, 0.05) is 11.6 Å². The van der Waals surface area contributed by atoms with Crippen LogP contribution in [0.4, 0.5) is 4.39 Å². The van der Waals surface area contributed by atoms with Crippen LogP contribution < -0.4 is 15.2 Å². The van der Waals surface area contributed by atoms with E-state index in [-0.39, 0.29) is 11.9 Å². The molecule has 0 spiro atoms. The topological polar surface area (TPSA) is 44.5 Å². The van der Waals surface area contributed by atoms with Gasteiger partial charge in [-0.2, -0.15) is 0 Å². The molecule has 0 heterocycles. The first-order valence-electron chi connectivity index (χ1n) is 6.99. The maximum absolute atomic E-state index is 14.1. The summed E-state index contributed by atoms with van der Waals surface area (Å²) in [6, 6.07) is 12.0. The van der Waals surface area contributed by atoms with Crippen molar-refractivity contribution in [3.8, 4) is 17.2 Å². The molecule has 4 heteroatoms. The summed E-state index contributed by atoms with van der Waals surface area (Å²) in [7, 11) is 1.57. The first-order valence-corrected chi connectivity index (χ1v) is 6.99. The monoisotopic (exact) mass is 289 g/mol. The summed E-state index contributed by atoms with van der Waals surface area (Å²) in [5, 5.41) is 0. The van der Waals surface area contributed by atoms with E-state index in [0.717, 1.165) is 6.42 Å². The van der Waals surface area contributed by atoms with Crippen molar-refractivity contribution in [2.75, 3.05) is 7.11 Å². The number of hydrogen-bond acceptors (Lipinski definition) is 3. The average molecular weight is 289 g/mol. The van der Waals surface area contributed by atoms with E-state index in [1.54, 1.807) is 31.4 Å². The van der Waals surface area contributed by atoms with Gasteiger partial charge in [0.25, 0.3) is 0 Å². The molecule has 3 nitrogen and oxygen atoms in total. The van der Waals surface area contributed by atoms with E-state index in [0.29, 0.717) is 29.2 Å². The number of rotatable bonds is 6. The number of para-hydroxylation sites is 2. The zero-order valence-corrected chi connectivity index (χ0v) is 12.3. The molecule has 2 N–H and O–H groups in total. The third kappa shape index (κ3) is 3.73. The van der Waals surface area contributed by atoms with Crippen molar-refractivity contribution in [2.45, 2.75) is 25.8 Å². The zero-order valence-electron chi connectivity index (χ0n) is 12.3. The Labute approximate surface area is 124 Å². The number of methoxy groups -OCH3 is 1. The molecular weight excluding hydrogens is 269 g/mol. The van der Waals surface area contributed by atoms with E-state index in [1.807, 2.05) is 19.1 Å². The Kier molecular flexibility index (Phi) is 5.17. The summed E-state index contributed by atoms with van der Waals surface area (Å²) in [6.45, 7) is 1.98. The summed E-state index contributed by atoms with van der Waals surface area (Å²) in [5.41, 5.74) is 6.44. The predicted molar refractivity (Wildman–Crippen MR) is 81.4 cm³/mol. The van der Waals surface area contributed by atoms with Gasteiger partial charge in [0.15, 0.2) is 11.5 Å². The Morgan fingerprint density at radius 1 is 1.05 bits per heavy atom. The van der Waals surface area contributed by atoms with Crippen LogP contribution in [0.15, 0.2) is 42.5 Å². The van der Waals surface area contributed by atoms with Gasteiger partial charge in [-0.15, -0.1) is 0 Å². The van der Waals surface area contributed by atoms with Crippen LogP contribution in [-0.2, 0) is 6.42 Å². The molecule has 0 saturated heterocycles. The lowest BCUT2D eigenvalue weighted by Gasteiger charge is -2.16. The second kappa shape index (κ2) is 7.09. The Balaban J connectivity index is 2.33. The van der Waals surface area contributed by atoms with Gasteiger partial charge < -0.3 is 15.2 Å². The van der Waals surface area contributed by atoms with Crippen molar-refractivity contribution in [3.63, 3.8) is 0 Å². The van der Waals surface area contributed by atoms with Crippen molar-refractivity contribution >= 4 is 0 Å². The standard InChI is InChI=1S/C17H20FNO2/c1-3-12(19)11-13-14(18)7-6-10-15(13)21-17-9-5-4-8-16(17)20-2/h4-10,12H,3,11,19H2,1-2H3. The largest absolute Gasteiger partial charge is 0.493 e. The van der Waals surface area contributed by atoms with Crippen LogP contribution in [0.25, 0.3) is 0 Å². The number of halogens is 1. The minimum absolute atomic E-state index is 0.0954. The molecular formula is C17H20FNO2. The molecule has 0 bridgehead atoms. The molecule has 0 aliphatic rings. The molecule has 0 radical (unpaired) electrons. The van der Waals surface area contributed by atoms with Crippen molar-refractivity contribution < 1.29 is 13.9 Å². The normalized spacial score (nSPS) is 12.0. The fraction of sp³-hybridized carbons (Fsp3) is 0.294. The van der Waals surface area contributed by atoms with Crippen molar-refractivity contribution in [3.05, 3.63) is 53.8 Å². The zero-order chi connectivity index (χ0) is 15.2. The highest BCUT2D eigenvalue weighted by molar-refractivity contribution is 5.45. The van der Waals surface area contributed by atoms with E-state index in [2.05, 4.69) is 0 Å². The summed E-state index contributed by atoms with van der Waals surface area (Å²) in [5.74, 6) is 1.33. The lowest BCUT2D eigenvalue weighted by molar-refractivity contribution is 0.375. The summed E-state index contributed by atoms with van der Waals surface area (Å²) >= 11 is 0. The van der Waals surface area contributed by atoms with Crippen LogP contribution in [0, 0.1) is 5.82 Å². The quantitative estimate of drug-likeness (QED) is 0.877. The lowest BCUT2D eigenvalue weighted by atomic mass is 10.0. The summed E-state index contributed by atoms with van der Waals surface area (Å²) in [6.07, 6.45) is 1.22. The van der Waals surface area contributed by atoms with E-state index in [1.165, 1.54) is 6.07 Å². The van der Waals surface area contributed by atoms with Crippen LogP contribution in [0.1, 0.15) is 18.9 Å². The number of benzene rings is 2. The summed E-state index contributed by atoms with van der Waals surface area (Å²) in [4.78, 5) is 0. The summed E-state index contributed by atoms with van der Waals surface area (Å²) < 4.78 is 25.1. The van der Waals surface area contributed by atoms with Crippen LogP contribution >= 0.6 is 0 Å². The van der Waals surface area contributed by atoms with Gasteiger partial charge in [-0.25, -0.2) is 4.39 Å². The highest BCUT2D eigenvalue weighted by Crippen LogP contribution is 2.34. The van der Waals surface area contributed by atoms with Gasteiger partial charge >= 0.3 is 0 Å². The SMILES string of the molecule is CCC(N)Cc1c(F)cccc1Oc1ccccc1OC.